The second-order valence-electron chi connectivity index (χ2n) is 11.3. The Balaban J connectivity index is 0.000000402. The number of aromatic nitrogens is 1. The van der Waals surface area contributed by atoms with Crippen molar-refractivity contribution in [2.45, 2.75) is 69.2 Å². The van der Waals surface area contributed by atoms with E-state index in [0.29, 0.717) is 0 Å². The summed E-state index contributed by atoms with van der Waals surface area (Å²) in [5.74, 6) is 0.898. The van der Waals surface area contributed by atoms with Crippen molar-refractivity contribution in [2.75, 3.05) is 7.11 Å². The zero-order valence-electron chi connectivity index (χ0n) is 23.5. The first kappa shape index (κ1) is 31.5. The third-order valence-corrected chi connectivity index (χ3v) is 5.90. The summed E-state index contributed by atoms with van der Waals surface area (Å²) in [5, 5.41) is 10.7. The predicted octanol–water partition coefficient (Wildman–Crippen LogP) is 8.03. The fraction of sp³-hybridized carbons (Fsp3) is 0.419. The Bertz CT molecular complexity index is 1240. The number of aryl methyl sites for hydroxylation is 4. The number of benzene rings is 2. The number of methoxy groups -OCH3 is 1. The van der Waals surface area contributed by atoms with Gasteiger partial charge < -0.3 is 9.84 Å². The van der Waals surface area contributed by atoms with Crippen molar-refractivity contribution >= 4 is 16.7 Å². The van der Waals surface area contributed by atoms with Crippen molar-refractivity contribution in [3.63, 3.8) is 0 Å². The van der Waals surface area contributed by atoms with Gasteiger partial charge in [-0.1, -0.05) is 61.5 Å². The zero-order valence-corrected chi connectivity index (χ0v) is 25.9. The van der Waals surface area contributed by atoms with Gasteiger partial charge in [-0.3, -0.25) is 9.78 Å². The summed E-state index contributed by atoms with van der Waals surface area (Å²) < 4.78 is 5.60. The molecule has 0 atom stereocenters. The van der Waals surface area contributed by atoms with Crippen molar-refractivity contribution < 1.29 is 34.7 Å². The quantitative estimate of drug-likeness (QED) is 0.175. The van der Waals surface area contributed by atoms with Crippen molar-refractivity contribution in [2.24, 2.45) is 10.8 Å². The average Bonchev–Trinajstić information content (AvgIpc) is 2.74. The number of hydrogen-bond acceptors (Lipinski definition) is 4. The van der Waals surface area contributed by atoms with Crippen LogP contribution in [0.5, 0.6) is 5.75 Å². The molecule has 4 nitrogen and oxygen atoms in total. The number of ketones is 1. The number of fused-ring (bicyclic) bond motifs is 1. The maximum absolute atomic E-state index is 11.5. The first-order valence-corrected chi connectivity index (χ1v) is 12.0. The Labute approximate surface area is 230 Å². The maximum atomic E-state index is 11.5. The monoisotopic (exact) mass is 667 g/mol. The van der Waals surface area contributed by atoms with Crippen LogP contribution in [-0.2, 0) is 24.9 Å². The Hall–Kier alpha value is -2.49. The number of pyridine rings is 1. The van der Waals surface area contributed by atoms with E-state index in [9.17, 15) is 9.90 Å². The number of hydrogen-bond donors (Lipinski definition) is 1. The van der Waals surface area contributed by atoms with Gasteiger partial charge in [0, 0.05) is 48.1 Å². The van der Waals surface area contributed by atoms with Crippen LogP contribution in [0.15, 0.2) is 42.2 Å². The molecule has 0 fully saturated rings. The van der Waals surface area contributed by atoms with Crippen molar-refractivity contribution in [3.05, 3.63) is 70.5 Å². The molecule has 0 aliphatic carbocycles. The van der Waals surface area contributed by atoms with Crippen LogP contribution >= 0.6 is 0 Å². The fourth-order valence-corrected chi connectivity index (χ4v) is 3.41. The van der Waals surface area contributed by atoms with Crippen LogP contribution in [0.1, 0.15) is 63.8 Å². The molecule has 1 N–H and O–H groups in total. The molecule has 0 aliphatic rings. The number of nitrogens with zero attached hydrogens (tertiary/aromatic N) is 1. The molecule has 0 amide bonds. The second-order valence-corrected chi connectivity index (χ2v) is 11.3. The standard InChI is InChI=1S/C20H20NO.C11H20O2.Ir/c1-12-8-13(2)10-16(9-12)20-19(22-5)11-17-15(4)14(3)6-7-18(17)21-20;1-10(2,3)8(12)7-9(13)11(4,5)6;/h6-9,11H,1-5H3;7,12H,1-6H3;/q-1;;/b;8-7-;. The number of carbonyl (C=O) groups is 1. The van der Waals surface area contributed by atoms with E-state index < -0.39 is 5.41 Å². The smallest absolute Gasteiger partial charge is 0.164 e. The molecule has 3 aromatic rings. The van der Waals surface area contributed by atoms with Gasteiger partial charge in [-0.2, -0.15) is 0 Å². The summed E-state index contributed by atoms with van der Waals surface area (Å²) in [6, 6.07) is 13.9. The normalized spacial score (nSPS) is 11.9. The first-order valence-electron chi connectivity index (χ1n) is 12.0. The zero-order chi connectivity index (χ0) is 26.7. The predicted molar refractivity (Wildman–Crippen MR) is 146 cm³/mol. The second kappa shape index (κ2) is 12.2. The van der Waals surface area contributed by atoms with Gasteiger partial charge in [-0.25, -0.2) is 0 Å². The van der Waals surface area contributed by atoms with Crippen LogP contribution in [0.4, 0.5) is 0 Å². The molecule has 1 heterocycles. The minimum atomic E-state index is -0.417. The van der Waals surface area contributed by atoms with Crippen molar-refractivity contribution in [1.29, 1.82) is 0 Å². The molecule has 0 saturated carbocycles. The Kier molecular flexibility index (Phi) is 10.7. The third-order valence-electron chi connectivity index (χ3n) is 5.90. The average molecular weight is 667 g/mol. The Morgan fingerprint density at radius 2 is 1.58 bits per heavy atom. The van der Waals surface area contributed by atoms with Crippen LogP contribution in [-0.4, -0.2) is 23.0 Å². The molecule has 0 bridgehead atoms. The number of aliphatic hydroxyl groups is 1. The van der Waals surface area contributed by atoms with Gasteiger partial charge in [-0.05, 0) is 37.1 Å². The molecular formula is C31H40IrNO3-. The maximum Gasteiger partial charge on any atom is 0.164 e. The van der Waals surface area contributed by atoms with Crippen LogP contribution < -0.4 is 4.74 Å². The van der Waals surface area contributed by atoms with Crippen molar-refractivity contribution in [1.82, 2.24) is 4.98 Å². The number of rotatable bonds is 3. The molecule has 1 radical (unpaired) electrons. The molecule has 0 saturated heterocycles. The van der Waals surface area contributed by atoms with E-state index in [4.69, 9.17) is 9.72 Å². The summed E-state index contributed by atoms with van der Waals surface area (Å²) in [7, 11) is 1.69. The summed E-state index contributed by atoms with van der Waals surface area (Å²) in [6.45, 7) is 19.5. The Morgan fingerprint density at radius 1 is 0.972 bits per heavy atom. The molecular weight excluding hydrogens is 627 g/mol. The molecule has 1 aromatic heterocycles. The Morgan fingerprint density at radius 3 is 2.08 bits per heavy atom. The van der Waals surface area contributed by atoms with Crippen LogP contribution in [0.2, 0.25) is 0 Å². The SMILES string of the molecule is CC(C)(C)C(=O)/C=C(\O)C(C)(C)C.COc1cc2c(C)c(C)ccc2nc1-c1[c-]c(C)cc(C)c1.[Ir]. The summed E-state index contributed by atoms with van der Waals surface area (Å²) in [6.07, 6.45) is 1.33. The van der Waals surface area contributed by atoms with Gasteiger partial charge >= 0.3 is 0 Å². The minimum absolute atomic E-state index is 0. The van der Waals surface area contributed by atoms with Gasteiger partial charge in [0.1, 0.15) is 11.5 Å². The molecule has 5 heteroatoms. The van der Waals surface area contributed by atoms with Crippen LogP contribution in [0, 0.1) is 44.6 Å². The summed E-state index contributed by atoms with van der Waals surface area (Å²) in [4.78, 5) is 16.3. The van der Waals surface area contributed by atoms with Crippen LogP contribution in [0.3, 0.4) is 0 Å². The van der Waals surface area contributed by atoms with Crippen LogP contribution in [0.25, 0.3) is 22.2 Å². The molecule has 2 aromatic carbocycles. The molecule has 0 unspecified atom stereocenters. The third kappa shape index (κ3) is 8.01. The van der Waals surface area contributed by atoms with E-state index in [1.807, 2.05) is 41.5 Å². The number of allylic oxidation sites excluding steroid dienone is 2. The van der Waals surface area contributed by atoms with E-state index in [2.05, 4.69) is 64.1 Å². The first-order chi connectivity index (χ1) is 16.0. The van der Waals surface area contributed by atoms with E-state index in [0.717, 1.165) is 33.5 Å². The molecule has 0 aliphatic heterocycles. The minimum Gasteiger partial charge on any atom is -0.512 e. The molecule has 0 spiro atoms. The van der Waals surface area contributed by atoms with Crippen molar-refractivity contribution in [3.8, 4) is 17.0 Å². The molecule has 36 heavy (non-hydrogen) atoms. The van der Waals surface area contributed by atoms with E-state index in [1.165, 1.54) is 22.8 Å². The molecule has 197 valence electrons. The van der Waals surface area contributed by atoms with Gasteiger partial charge in [0.15, 0.2) is 5.78 Å². The number of ether oxygens (including phenoxy) is 1. The van der Waals surface area contributed by atoms with Gasteiger partial charge in [0.25, 0.3) is 0 Å². The molecule has 3 rings (SSSR count). The van der Waals surface area contributed by atoms with Gasteiger partial charge in [0.05, 0.1) is 12.6 Å². The largest absolute Gasteiger partial charge is 0.512 e. The topological polar surface area (TPSA) is 59.4 Å². The summed E-state index contributed by atoms with van der Waals surface area (Å²) >= 11 is 0. The van der Waals surface area contributed by atoms with E-state index in [-0.39, 0.29) is 37.1 Å². The van der Waals surface area contributed by atoms with E-state index in [1.54, 1.807) is 7.11 Å². The van der Waals surface area contributed by atoms with Gasteiger partial charge in [0.2, 0.25) is 0 Å². The van der Waals surface area contributed by atoms with E-state index >= 15 is 0 Å². The van der Waals surface area contributed by atoms with Gasteiger partial charge in [-0.15, -0.1) is 34.9 Å². The number of aliphatic hydroxyl groups excluding tert-OH is 1. The summed E-state index contributed by atoms with van der Waals surface area (Å²) in [5.41, 5.74) is 6.89. The fourth-order valence-electron chi connectivity index (χ4n) is 3.41. The number of carbonyl (C=O) groups excluding carboxylic acids is 1.